The molecule has 0 saturated heterocycles. The van der Waals surface area contributed by atoms with Gasteiger partial charge in [-0.2, -0.15) is 0 Å². The van der Waals surface area contributed by atoms with Gasteiger partial charge in [0.15, 0.2) is 5.15 Å². The highest BCUT2D eigenvalue weighted by Crippen LogP contribution is 2.19. The molecule has 2 heterocycles. The van der Waals surface area contributed by atoms with Gasteiger partial charge >= 0.3 is 0 Å². The molecule has 0 aliphatic heterocycles. The van der Waals surface area contributed by atoms with Crippen molar-refractivity contribution in [1.29, 1.82) is 0 Å². The van der Waals surface area contributed by atoms with E-state index in [1.807, 2.05) is 17.5 Å². The number of fused-ring (bicyclic) bond motifs is 1. The molecule has 0 atom stereocenters. The van der Waals surface area contributed by atoms with Crippen LogP contribution in [0.4, 0.5) is 0 Å². The topological polar surface area (TPSA) is 25.8 Å². The monoisotopic (exact) mass is 170 g/mol. The van der Waals surface area contributed by atoms with Gasteiger partial charge in [0, 0.05) is 0 Å². The Morgan fingerprint density at radius 3 is 3.20 bits per heavy atom. The van der Waals surface area contributed by atoms with Gasteiger partial charge in [0.1, 0.15) is 5.52 Å². The zero-order valence-electron chi connectivity index (χ0n) is 4.91. The standard InChI is InChI=1S/C6H3ClN2S/c7-6-3-5-4(8-9-6)1-2-10-5/h1-3H. The van der Waals surface area contributed by atoms with Crippen molar-refractivity contribution in [2.45, 2.75) is 0 Å². The fraction of sp³-hybridized carbons (Fsp3) is 0. The first-order valence-electron chi connectivity index (χ1n) is 2.73. The third kappa shape index (κ3) is 0.874. The molecular formula is C6H3ClN2S. The Balaban J connectivity index is 2.86. The van der Waals surface area contributed by atoms with Crippen LogP contribution in [0.15, 0.2) is 17.5 Å². The first kappa shape index (κ1) is 6.07. The van der Waals surface area contributed by atoms with Crippen molar-refractivity contribution < 1.29 is 0 Å². The molecule has 0 aliphatic carbocycles. The van der Waals surface area contributed by atoms with E-state index in [0.29, 0.717) is 5.15 Å². The Morgan fingerprint density at radius 2 is 2.30 bits per heavy atom. The number of halogens is 1. The van der Waals surface area contributed by atoms with Gasteiger partial charge in [-0.25, -0.2) is 0 Å². The van der Waals surface area contributed by atoms with E-state index in [-0.39, 0.29) is 0 Å². The molecule has 4 heteroatoms. The highest BCUT2D eigenvalue weighted by atomic mass is 35.5. The van der Waals surface area contributed by atoms with E-state index < -0.39 is 0 Å². The Morgan fingerprint density at radius 1 is 1.40 bits per heavy atom. The number of hydrogen-bond donors (Lipinski definition) is 0. The molecule has 10 heavy (non-hydrogen) atoms. The van der Waals surface area contributed by atoms with Crippen molar-refractivity contribution in [3.63, 3.8) is 0 Å². The second-order valence-electron chi connectivity index (χ2n) is 1.84. The van der Waals surface area contributed by atoms with E-state index in [1.54, 1.807) is 11.3 Å². The third-order valence-corrected chi connectivity index (χ3v) is 2.21. The summed E-state index contributed by atoms with van der Waals surface area (Å²) in [4.78, 5) is 0. The van der Waals surface area contributed by atoms with Crippen molar-refractivity contribution in [2.75, 3.05) is 0 Å². The predicted octanol–water partition coefficient (Wildman–Crippen LogP) is 2.34. The van der Waals surface area contributed by atoms with Crippen LogP contribution >= 0.6 is 22.9 Å². The zero-order chi connectivity index (χ0) is 6.97. The summed E-state index contributed by atoms with van der Waals surface area (Å²) < 4.78 is 1.08. The maximum absolute atomic E-state index is 5.61. The van der Waals surface area contributed by atoms with Gasteiger partial charge in [-0.05, 0) is 17.5 Å². The molecule has 2 aromatic rings. The molecule has 0 N–H and O–H groups in total. The lowest BCUT2D eigenvalue weighted by Gasteiger charge is -1.85. The molecule has 0 spiro atoms. The van der Waals surface area contributed by atoms with Crippen LogP contribution in [0.25, 0.3) is 10.2 Å². The lowest BCUT2D eigenvalue weighted by molar-refractivity contribution is 1.08. The SMILES string of the molecule is Clc1cc2sccc2nn1. The van der Waals surface area contributed by atoms with E-state index in [1.165, 1.54) is 0 Å². The Bertz CT molecular complexity index is 357. The van der Waals surface area contributed by atoms with Crippen LogP contribution in [0, 0.1) is 0 Å². The van der Waals surface area contributed by atoms with Gasteiger partial charge in [-0.1, -0.05) is 11.6 Å². The Kier molecular flexibility index (Phi) is 1.32. The Labute approximate surface area is 66.5 Å². The molecule has 0 fully saturated rings. The van der Waals surface area contributed by atoms with Crippen molar-refractivity contribution in [3.8, 4) is 0 Å². The molecule has 50 valence electrons. The molecule has 0 radical (unpaired) electrons. The summed E-state index contributed by atoms with van der Waals surface area (Å²) in [6.45, 7) is 0. The smallest absolute Gasteiger partial charge is 0.148 e. The minimum atomic E-state index is 0.454. The normalized spacial score (nSPS) is 10.5. The molecule has 0 unspecified atom stereocenters. The van der Waals surface area contributed by atoms with E-state index in [0.717, 1.165) is 10.2 Å². The second-order valence-corrected chi connectivity index (χ2v) is 3.17. The summed E-state index contributed by atoms with van der Waals surface area (Å²) in [5, 5.41) is 9.99. The molecular weight excluding hydrogens is 168 g/mol. The molecule has 2 aromatic heterocycles. The van der Waals surface area contributed by atoms with Crippen LogP contribution in [-0.4, -0.2) is 10.2 Å². The third-order valence-electron chi connectivity index (χ3n) is 1.18. The summed E-state index contributed by atoms with van der Waals surface area (Å²) >= 11 is 7.22. The molecule has 0 aromatic carbocycles. The number of rotatable bonds is 0. The van der Waals surface area contributed by atoms with Crippen LogP contribution in [0.1, 0.15) is 0 Å². The molecule has 0 bridgehead atoms. The van der Waals surface area contributed by atoms with Crippen LogP contribution in [-0.2, 0) is 0 Å². The zero-order valence-corrected chi connectivity index (χ0v) is 6.49. The van der Waals surface area contributed by atoms with Crippen LogP contribution in [0.2, 0.25) is 5.15 Å². The van der Waals surface area contributed by atoms with Crippen LogP contribution in [0.3, 0.4) is 0 Å². The van der Waals surface area contributed by atoms with Gasteiger partial charge in [0.2, 0.25) is 0 Å². The highest BCUT2D eigenvalue weighted by molar-refractivity contribution is 7.17. The first-order valence-corrected chi connectivity index (χ1v) is 3.98. The average Bonchev–Trinajstić information content (AvgIpc) is 2.33. The van der Waals surface area contributed by atoms with Gasteiger partial charge in [-0.15, -0.1) is 21.5 Å². The van der Waals surface area contributed by atoms with Crippen molar-refractivity contribution >= 4 is 33.2 Å². The van der Waals surface area contributed by atoms with E-state index in [2.05, 4.69) is 10.2 Å². The summed E-state index contributed by atoms with van der Waals surface area (Å²) in [7, 11) is 0. The lowest BCUT2D eigenvalue weighted by Crippen LogP contribution is -1.78. The lowest BCUT2D eigenvalue weighted by atomic mass is 10.5. The largest absolute Gasteiger partial charge is 0.153 e. The van der Waals surface area contributed by atoms with Crippen molar-refractivity contribution in [1.82, 2.24) is 10.2 Å². The summed E-state index contributed by atoms with van der Waals surface area (Å²) in [6.07, 6.45) is 0. The average molecular weight is 171 g/mol. The Hall–Kier alpha value is -0.670. The predicted molar refractivity (Wildman–Crippen MR) is 42.4 cm³/mol. The summed E-state index contributed by atoms with van der Waals surface area (Å²) in [5.74, 6) is 0. The van der Waals surface area contributed by atoms with Gasteiger partial charge in [0.25, 0.3) is 0 Å². The maximum Gasteiger partial charge on any atom is 0.153 e. The molecule has 2 rings (SSSR count). The van der Waals surface area contributed by atoms with E-state index >= 15 is 0 Å². The minimum absolute atomic E-state index is 0.454. The van der Waals surface area contributed by atoms with Crippen molar-refractivity contribution in [3.05, 3.63) is 22.7 Å². The quantitative estimate of drug-likeness (QED) is 0.607. The number of hydrogen-bond acceptors (Lipinski definition) is 3. The maximum atomic E-state index is 5.61. The fourth-order valence-electron chi connectivity index (χ4n) is 0.744. The van der Waals surface area contributed by atoms with Gasteiger partial charge < -0.3 is 0 Å². The molecule has 2 nitrogen and oxygen atoms in total. The molecule has 0 amide bonds. The number of thiophene rings is 1. The van der Waals surface area contributed by atoms with Crippen molar-refractivity contribution in [2.24, 2.45) is 0 Å². The molecule has 0 saturated carbocycles. The van der Waals surface area contributed by atoms with E-state index in [4.69, 9.17) is 11.6 Å². The number of aromatic nitrogens is 2. The van der Waals surface area contributed by atoms with Gasteiger partial charge in [-0.3, -0.25) is 0 Å². The van der Waals surface area contributed by atoms with Crippen LogP contribution in [0.5, 0.6) is 0 Å². The molecule has 0 aliphatic rings. The minimum Gasteiger partial charge on any atom is -0.148 e. The second kappa shape index (κ2) is 2.18. The number of nitrogens with zero attached hydrogens (tertiary/aromatic N) is 2. The summed E-state index contributed by atoms with van der Waals surface area (Å²) in [5.41, 5.74) is 0.911. The van der Waals surface area contributed by atoms with E-state index in [9.17, 15) is 0 Å². The van der Waals surface area contributed by atoms with Crippen LogP contribution < -0.4 is 0 Å². The highest BCUT2D eigenvalue weighted by Gasteiger charge is 1.96. The van der Waals surface area contributed by atoms with Gasteiger partial charge in [0.05, 0.1) is 4.70 Å². The fourth-order valence-corrected chi connectivity index (χ4v) is 1.71. The summed E-state index contributed by atoms with van der Waals surface area (Å²) in [6, 6.07) is 3.73. The first-order chi connectivity index (χ1) is 4.86.